The van der Waals surface area contributed by atoms with Crippen molar-refractivity contribution in [1.29, 1.82) is 0 Å². The molecule has 1 heteroatoms. The van der Waals surface area contributed by atoms with E-state index in [0.29, 0.717) is 0 Å². The highest BCUT2D eigenvalue weighted by atomic mass is 15.0. The van der Waals surface area contributed by atoms with Crippen LogP contribution in [0.2, 0.25) is 0 Å². The maximum Gasteiger partial charge on any atom is 0.213 e. The van der Waals surface area contributed by atoms with Crippen molar-refractivity contribution in [2.45, 2.75) is 13.5 Å². The van der Waals surface area contributed by atoms with Crippen LogP contribution in [0.3, 0.4) is 0 Å². The van der Waals surface area contributed by atoms with Crippen LogP contribution in [-0.4, -0.2) is 0 Å². The van der Waals surface area contributed by atoms with Crippen LogP contribution in [0.15, 0.2) is 115 Å². The molecule has 0 unspecified atom stereocenters. The van der Waals surface area contributed by atoms with Gasteiger partial charge in [-0.1, -0.05) is 72.8 Å². The molecule has 0 N–H and O–H groups in total. The van der Waals surface area contributed by atoms with Crippen LogP contribution in [0.5, 0.6) is 0 Å². The Balaban J connectivity index is 2.02. The van der Waals surface area contributed by atoms with E-state index in [2.05, 4.69) is 127 Å². The quantitative estimate of drug-likeness (QED) is 0.280. The number of rotatable bonds is 5. The molecule has 0 radical (unpaired) electrons. The molecule has 28 heavy (non-hydrogen) atoms. The molecule has 1 heterocycles. The lowest BCUT2D eigenvalue weighted by atomic mass is 9.99. The van der Waals surface area contributed by atoms with E-state index in [0.717, 1.165) is 6.54 Å². The number of pyridine rings is 1. The number of nitrogens with zero attached hydrogens (tertiary/aromatic N) is 1. The summed E-state index contributed by atoms with van der Waals surface area (Å²) in [6.45, 7) is 2.91. The van der Waals surface area contributed by atoms with E-state index in [9.17, 15) is 0 Å². The average Bonchev–Trinajstić information content (AvgIpc) is 2.79. The van der Waals surface area contributed by atoms with Crippen molar-refractivity contribution in [3.8, 4) is 33.6 Å². The Kier molecular flexibility index (Phi) is 5.44. The Morgan fingerprint density at radius 1 is 0.571 bits per heavy atom. The van der Waals surface area contributed by atoms with Gasteiger partial charge in [-0.15, -0.1) is 0 Å². The van der Waals surface area contributed by atoms with Gasteiger partial charge in [0.2, 0.25) is 11.4 Å². The molecule has 0 atom stereocenters. The van der Waals surface area contributed by atoms with Gasteiger partial charge in [-0.05, 0) is 48.4 Å². The van der Waals surface area contributed by atoms with Crippen LogP contribution >= 0.6 is 0 Å². The van der Waals surface area contributed by atoms with Gasteiger partial charge in [0.15, 0.2) is 6.54 Å². The van der Waals surface area contributed by atoms with Gasteiger partial charge in [0, 0.05) is 23.3 Å². The Morgan fingerprint density at radius 3 is 1.43 bits per heavy atom. The van der Waals surface area contributed by atoms with Crippen LogP contribution in [0.25, 0.3) is 33.6 Å². The number of allylic oxidation sites excluding steroid dienone is 2. The molecule has 4 rings (SSSR count). The molecule has 1 nitrogen and oxygen atoms in total. The zero-order chi connectivity index (χ0) is 19.2. The molecule has 0 aliphatic heterocycles. The molecule has 136 valence electrons. The van der Waals surface area contributed by atoms with Crippen LogP contribution in [0.4, 0.5) is 0 Å². The molecule has 0 spiro atoms. The molecule has 0 aliphatic rings. The van der Waals surface area contributed by atoms with E-state index >= 15 is 0 Å². The van der Waals surface area contributed by atoms with Crippen molar-refractivity contribution in [1.82, 2.24) is 0 Å². The fourth-order valence-corrected chi connectivity index (χ4v) is 3.52. The normalized spacial score (nSPS) is 11.0. The van der Waals surface area contributed by atoms with Gasteiger partial charge >= 0.3 is 0 Å². The fourth-order valence-electron chi connectivity index (χ4n) is 3.52. The van der Waals surface area contributed by atoms with Gasteiger partial charge in [-0.25, -0.2) is 0 Å². The molecule has 3 aromatic carbocycles. The molecule has 4 aromatic rings. The Hall–Kier alpha value is -3.45. The summed E-state index contributed by atoms with van der Waals surface area (Å²) in [5.41, 5.74) is 7.35. The molecule has 0 amide bonds. The third-order valence-electron chi connectivity index (χ3n) is 4.94. The lowest BCUT2D eigenvalue weighted by Crippen LogP contribution is -2.38. The van der Waals surface area contributed by atoms with Crippen molar-refractivity contribution in [2.75, 3.05) is 0 Å². The minimum atomic E-state index is 0.833. The minimum absolute atomic E-state index is 0.833. The molecule has 0 fully saturated rings. The van der Waals surface area contributed by atoms with Gasteiger partial charge in [0.05, 0.1) is 0 Å². The van der Waals surface area contributed by atoms with Crippen LogP contribution in [0.1, 0.15) is 6.92 Å². The first-order chi connectivity index (χ1) is 13.9. The molecule has 0 saturated heterocycles. The lowest BCUT2D eigenvalue weighted by molar-refractivity contribution is -0.665. The second-order valence-corrected chi connectivity index (χ2v) is 6.79. The summed E-state index contributed by atoms with van der Waals surface area (Å²) in [4.78, 5) is 0. The summed E-state index contributed by atoms with van der Waals surface area (Å²) in [5, 5.41) is 0. The predicted octanol–water partition coefficient (Wildman–Crippen LogP) is 6.55. The Morgan fingerprint density at radius 2 is 1.00 bits per heavy atom. The van der Waals surface area contributed by atoms with E-state index in [4.69, 9.17) is 0 Å². The highest BCUT2D eigenvalue weighted by Crippen LogP contribution is 2.29. The number of hydrogen-bond donors (Lipinski definition) is 0. The Bertz CT molecular complexity index is 1000. The van der Waals surface area contributed by atoms with Gasteiger partial charge in [0.1, 0.15) is 0 Å². The van der Waals surface area contributed by atoms with E-state index in [1.54, 1.807) is 0 Å². The second-order valence-electron chi connectivity index (χ2n) is 6.79. The van der Waals surface area contributed by atoms with Crippen molar-refractivity contribution < 1.29 is 4.57 Å². The second kappa shape index (κ2) is 8.49. The van der Waals surface area contributed by atoms with Gasteiger partial charge in [-0.3, -0.25) is 0 Å². The summed E-state index contributed by atoms with van der Waals surface area (Å²) in [6, 6.07) is 36.5. The fraction of sp³-hybridized carbons (Fsp3) is 0.0741. The van der Waals surface area contributed by atoms with Crippen molar-refractivity contribution in [3.05, 3.63) is 115 Å². The first-order valence-corrected chi connectivity index (χ1v) is 9.72. The number of hydrogen-bond acceptors (Lipinski definition) is 0. The zero-order valence-electron chi connectivity index (χ0n) is 16.1. The largest absolute Gasteiger partial charge is 0.213 e. The van der Waals surface area contributed by atoms with E-state index in [1.807, 2.05) is 0 Å². The monoisotopic (exact) mass is 362 g/mol. The average molecular weight is 362 g/mol. The van der Waals surface area contributed by atoms with Crippen molar-refractivity contribution >= 4 is 0 Å². The SMILES string of the molecule is CC=CC[n+]1c(-c2ccccc2)cc(-c2ccccc2)cc1-c1ccccc1. The molecular formula is C27H24N+. The standard InChI is InChI=1S/C27H24N/c1-2-3-19-28-26(23-15-9-5-10-16-23)20-25(22-13-7-4-8-14-22)21-27(28)24-17-11-6-12-18-24/h2-18,20-21H,19H2,1H3/q+1. The van der Waals surface area contributed by atoms with Crippen molar-refractivity contribution in [2.24, 2.45) is 0 Å². The topological polar surface area (TPSA) is 3.88 Å². The van der Waals surface area contributed by atoms with Crippen LogP contribution < -0.4 is 4.57 Å². The van der Waals surface area contributed by atoms with Crippen LogP contribution in [0, 0.1) is 0 Å². The van der Waals surface area contributed by atoms with E-state index < -0.39 is 0 Å². The third kappa shape index (κ3) is 3.79. The smallest absolute Gasteiger partial charge is 0.188 e. The molecule has 1 aromatic heterocycles. The van der Waals surface area contributed by atoms with Crippen molar-refractivity contribution in [3.63, 3.8) is 0 Å². The van der Waals surface area contributed by atoms with Gasteiger partial charge in [0.25, 0.3) is 0 Å². The van der Waals surface area contributed by atoms with Crippen LogP contribution in [-0.2, 0) is 6.54 Å². The third-order valence-corrected chi connectivity index (χ3v) is 4.94. The van der Waals surface area contributed by atoms with Gasteiger partial charge < -0.3 is 0 Å². The first kappa shape index (κ1) is 17.9. The lowest BCUT2D eigenvalue weighted by Gasteiger charge is -2.12. The summed E-state index contributed by atoms with van der Waals surface area (Å²) in [7, 11) is 0. The molecule has 0 bridgehead atoms. The first-order valence-electron chi connectivity index (χ1n) is 9.72. The maximum atomic E-state index is 2.40. The Labute approximate surface area is 167 Å². The summed E-state index contributed by atoms with van der Waals surface area (Å²) in [5.74, 6) is 0. The highest BCUT2D eigenvalue weighted by Gasteiger charge is 2.21. The summed E-state index contributed by atoms with van der Waals surface area (Å²) < 4.78 is 2.40. The minimum Gasteiger partial charge on any atom is -0.188 e. The predicted molar refractivity (Wildman–Crippen MR) is 118 cm³/mol. The number of aromatic nitrogens is 1. The number of benzene rings is 3. The van der Waals surface area contributed by atoms with E-state index in [1.165, 1.54) is 33.6 Å². The maximum absolute atomic E-state index is 2.40. The highest BCUT2D eigenvalue weighted by molar-refractivity contribution is 5.73. The molecule has 0 aliphatic carbocycles. The summed E-state index contributed by atoms with van der Waals surface area (Å²) in [6.07, 6.45) is 4.32. The van der Waals surface area contributed by atoms with Gasteiger partial charge in [-0.2, -0.15) is 4.57 Å². The van der Waals surface area contributed by atoms with E-state index in [-0.39, 0.29) is 0 Å². The zero-order valence-corrected chi connectivity index (χ0v) is 16.1. The molecular weight excluding hydrogens is 338 g/mol. The summed E-state index contributed by atoms with van der Waals surface area (Å²) >= 11 is 0. The molecule has 0 saturated carbocycles.